The Morgan fingerprint density at radius 3 is 2.57 bits per heavy atom. The Morgan fingerprint density at radius 2 is 1.87 bits per heavy atom. The minimum atomic E-state index is -0.225. The van der Waals surface area contributed by atoms with E-state index in [4.69, 9.17) is 4.74 Å². The molecule has 0 radical (unpaired) electrons. The lowest BCUT2D eigenvalue weighted by molar-refractivity contribution is 0.0938. The van der Waals surface area contributed by atoms with Crippen LogP contribution in [0.15, 0.2) is 36.7 Å². The first-order chi connectivity index (χ1) is 11.0. The highest BCUT2D eigenvalue weighted by Crippen LogP contribution is 2.27. The summed E-state index contributed by atoms with van der Waals surface area (Å²) in [6.45, 7) is 7.74. The van der Waals surface area contributed by atoms with Crippen LogP contribution in [0.2, 0.25) is 0 Å². The fourth-order valence-corrected chi connectivity index (χ4v) is 1.95. The first-order valence-corrected chi connectivity index (χ1v) is 7.61. The van der Waals surface area contributed by atoms with E-state index in [9.17, 15) is 4.79 Å². The van der Waals surface area contributed by atoms with Crippen molar-refractivity contribution in [1.29, 1.82) is 0 Å². The maximum Gasteiger partial charge on any atom is 0.270 e. The molecule has 1 aromatic carbocycles. The maximum absolute atomic E-state index is 12.0. The van der Waals surface area contributed by atoms with E-state index in [1.165, 1.54) is 6.33 Å². The quantitative estimate of drug-likeness (QED) is 0.856. The van der Waals surface area contributed by atoms with Crippen molar-refractivity contribution >= 4 is 17.4 Å². The molecule has 0 atom stereocenters. The Balaban J connectivity index is 2.19. The summed E-state index contributed by atoms with van der Waals surface area (Å²) in [5.41, 5.74) is 1.11. The van der Waals surface area contributed by atoms with Gasteiger partial charge in [-0.3, -0.25) is 4.79 Å². The Kier molecular flexibility index (Phi) is 5.51. The van der Waals surface area contributed by atoms with Crippen LogP contribution in [0.25, 0.3) is 0 Å². The first-order valence-electron chi connectivity index (χ1n) is 7.61. The molecule has 1 heterocycles. The van der Waals surface area contributed by atoms with Crippen LogP contribution in [0.1, 0.15) is 38.2 Å². The molecule has 0 saturated heterocycles. The molecular formula is C17H22N4O2. The van der Waals surface area contributed by atoms with Gasteiger partial charge in [0.2, 0.25) is 0 Å². The minimum absolute atomic E-state index is 0.0500. The van der Waals surface area contributed by atoms with Crippen molar-refractivity contribution in [3.8, 4) is 5.75 Å². The maximum atomic E-state index is 12.0. The van der Waals surface area contributed by atoms with Crippen LogP contribution >= 0.6 is 0 Å². The average molecular weight is 314 g/mol. The summed E-state index contributed by atoms with van der Waals surface area (Å²) >= 11 is 0. The van der Waals surface area contributed by atoms with Crippen molar-refractivity contribution in [2.24, 2.45) is 0 Å². The van der Waals surface area contributed by atoms with Gasteiger partial charge in [-0.2, -0.15) is 0 Å². The van der Waals surface area contributed by atoms with Gasteiger partial charge < -0.3 is 15.4 Å². The van der Waals surface area contributed by atoms with Gasteiger partial charge in [0.05, 0.1) is 11.8 Å². The Morgan fingerprint density at radius 1 is 1.13 bits per heavy atom. The summed E-state index contributed by atoms with van der Waals surface area (Å²) in [4.78, 5) is 20.2. The third-order valence-electron chi connectivity index (χ3n) is 2.83. The molecule has 122 valence electrons. The number of benzene rings is 1. The molecule has 1 amide bonds. The lowest BCUT2D eigenvalue weighted by atomic mass is 10.2. The number of nitrogens with one attached hydrogen (secondary N) is 2. The van der Waals surface area contributed by atoms with E-state index in [-0.39, 0.29) is 18.1 Å². The average Bonchev–Trinajstić information content (AvgIpc) is 2.48. The lowest BCUT2D eigenvalue weighted by Gasteiger charge is -2.15. The van der Waals surface area contributed by atoms with Crippen molar-refractivity contribution in [2.75, 3.05) is 5.32 Å². The van der Waals surface area contributed by atoms with Crippen LogP contribution in [0.5, 0.6) is 5.75 Å². The third kappa shape index (κ3) is 4.95. The third-order valence-corrected chi connectivity index (χ3v) is 2.83. The van der Waals surface area contributed by atoms with Gasteiger partial charge >= 0.3 is 0 Å². The van der Waals surface area contributed by atoms with Gasteiger partial charge in [-0.05, 0) is 39.8 Å². The lowest BCUT2D eigenvalue weighted by Crippen LogP contribution is -2.30. The molecule has 6 nitrogen and oxygen atoms in total. The predicted molar refractivity (Wildman–Crippen MR) is 90.1 cm³/mol. The number of aromatic nitrogens is 2. The topological polar surface area (TPSA) is 76.1 Å². The van der Waals surface area contributed by atoms with E-state index in [1.807, 2.05) is 52.0 Å². The highest BCUT2D eigenvalue weighted by Gasteiger charge is 2.11. The van der Waals surface area contributed by atoms with Crippen molar-refractivity contribution in [2.45, 2.75) is 39.8 Å². The SMILES string of the molecule is CC(C)NC(=O)c1cc(Nc2ccccc2OC(C)C)ncn1. The highest BCUT2D eigenvalue weighted by molar-refractivity contribution is 5.93. The molecule has 0 aliphatic carbocycles. The van der Waals surface area contributed by atoms with Crippen molar-refractivity contribution in [3.63, 3.8) is 0 Å². The molecule has 6 heteroatoms. The molecule has 0 aliphatic heterocycles. The number of amides is 1. The van der Waals surface area contributed by atoms with E-state index in [0.717, 1.165) is 11.4 Å². The first kappa shape index (κ1) is 16.7. The summed E-state index contributed by atoms with van der Waals surface area (Å²) < 4.78 is 5.76. The van der Waals surface area contributed by atoms with E-state index >= 15 is 0 Å². The number of carbonyl (C=O) groups is 1. The molecule has 2 aromatic rings. The summed E-state index contributed by atoms with van der Waals surface area (Å²) in [6.07, 6.45) is 1.43. The molecular weight excluding hydrogens is 292 g/mol. The van der Waals surface area contributed by atoms with E-state index in [0.29, 0.717) is 11.5 Å². The van der Waals surface area contributed by atoms with Gasteiger partial charge in [-0.1, -0.05) is 12.1 Å². The van der Waals surface area contributed by atoms with Crippen LogP contribution in [-0.2, 0) is 0 Å². The van der Waals surface area contributed by atoms with Gasteiger partial charge in [-0.25, -0.2) is 9.97 Å². The Labute approximate surface area is 136 Å². The number of hydrogen-bond acceptors (Lipinski definition) is 5. The van der Waals surface area contributed by atoms with E-state index in [1.54, 1.807) is 6.07 Å². The number of hydrogen-bond donors (Lipinski definition) is 2. The number of carbonyl (C=O) groups excluding carboxylic acids is 1. The van der Waals surface area contributed by atoms with Gasteiger partial charge in [0.25, 0.3) is 5.91 Å². The van der Waals surface area contributed by atoms with Crippen LogP contribution < -0.4 is 15.4 Å². The fraction of sp³-hybridized carbons (Fsp3) is 0.353. The minimum Gasteiger partial charge on any atom is -0.489 e. The standard InChI is InChI=1S/C17H22N4O2/c1-11(2)20-17(22)14-9-16(19-10-18-14)21-13-7-5-6-8-15(13)23-12(3)4/h5-12H,1-4H3,(H,20,22)(H,18,19,21). The van der Waals surface area contributed by atoms with Crippen LogP contribution in [0.4, 0.5) is 11.5 Å². The fourth-order valence-electron chi connectivity index (χ4n) is 1.95. The van der Waals surface area contributed by atoms with Crippen LogP contribution in [0, 0.1) is 0 Å². The van der Waals surface area contributed by atoms with Gasteiger partial charge in [0, 0.05) is 12.1 Å². The van der Waals surface area contributed by atoms with Crippen LogP contribution in [0.3, 0.4) is 0 Å². The second kappa shape index (κ2) is 7.58. The van der Waals surface area contributed by atoms with Gasteiger partial charge in [0.1, 0.15) is 23.6 Å². The zero-order chi connectivity index (χ0) is 16.8. The largest absolute Gasteiger partial charge is 0.489 e. The monoisotopic (exact) mass is 314 g/mol. The smallest absolute Gasteiger partial charge is 0.270 e. The molecule has 2 rings (SSSR count). The molecule has 1 aromatic heterocycles. The van der Waals surface area contributed by atoms with Gasteiger partial charge in [-0.15, -0.1) is 0 Å². The molecule has 0 fully saturated rings. The zero-order valence-corrected chi connectivity index (χ0v) is 13.8. The Bertz CT molecular complexity index is 671. The van der Waals surface area contributed by atoms with Crippen LogP contribution in [-0.4, -0.2) is 28.0 Å². The highest BCUT2D eigenvalue weighted by atomic mass is 16.5. The molecule has 0 bridgehead atoms. The second-order valence-electron chi connectivity index (χ2n) is 5.70. The molecule has 2 N–H and O–H groups in total. The predicted octanol–water partition coefficient (Wildman–Crippen LogP) is 3.15. The summed E-state index contributed by atoms with van der Waals surface area (Å²) in [5.74, 6) is 1.04. The molecule has 23 heavy (non-hydrogen) atoms. The zero-order valence-electron chi connectivity index (χ0n) is 13.8. The number of nitrogens with zero attached hydrogens (tertiary/aromatic N) is 2. The number of ether oxygens (including phenoxy) is 1. The Hall–Kier alpha value is -2.63. The van der Waals surface area contributed by atoms with Crippen molar-refractivity contribution < 1.29 is 9.53 Å². The van der Waals surface area contributed by atoms with Gasteiger partial charge in [0.15, 0.2) is 0 Å². The summed E-state index contributed by atoms with van der Waals surface area (Å²) in [6, 6.07) is 9.26. The number of rotatable bonds is 6. The molecule has 0 saturated carbocycles. The van der Waals surface area contributed by atoms with Crippen molar-refractivity contribution in [1.82, 2.24) is 15.3 Å². The van der Waals surface area contributed by atoms with Crippen molar-refractivity contribution in [3.05, 3.63) is 42.4 Å². The molecule has 0 unspecified atom stereocenters. The van der Waals surface area contributed by atoms with E-state index < -0.39 is 0 Å². The number of para-hydroxylation sites is 2. The molecule has 0 spiro atoms. The summed E-state index contributed by atoms with van der Waals surface area (Å²) in [5, 5.41) is 5.98. The summed E-state index contributed by atoms with van der Waals surface area (Å²) in [7, 11) is 0. The number of anilines is 2. The normalized spacial score (nSPS) is 10.7. The molecule has 0 aliphatic rings. The van der Waals surface area contributed by atoms with E-state index in [2.05, 4.69) is 20.6 Å². The second-order valence-corrected chi connectivity index (χ2v) is 5.70.